The molecule has 2 aromatic carbocycles. The zero-order valence-electron chi connectivity index (χ0n) is 12.4. The largest absolute Gasteiger partial charge is 0.497 e. The van der Waals surface area contributed by atoms with Gasteiger partial charge in [0, 0.05) is 5.56 Å². The van der Waals surface area contributed by atoms with Gasteiger partial charge in [-0.25, -0.2) is 0 Å². The molecule has 1 unspecified atom stereocenters. The van der Waals surface area contributed by atoms with Crippen LogP contribution in [0, 0.1) is 0 Å². The summed E-state index contributed by atoms with van der Waals surface area (Å²) >= 11 is 0. The fourth-order valence-corrected chi connectivity index (χ4v) is 3.23. The first-order chi connectivity index (χ1) is 10.2. The van der Waals surface area contributed by atoms with Crippen molar-refractivity contribution in [3.63, 3.8) is 0 Å². The van der Waals surface area contributed by atoms with Gasteiger partial charge in [-0.1, -0.05) is 24.3 Å². The highest BCUT2D eigenvalue weighted by Crippen LogP contribution is 2.44. The molecule has 3 nitrogen and oxygen atoms in total. The predicted octanol–water partition coefficient (Wildman–Crippen LogP) is 3.28. The van der Waals surface area contributed by atoms with Crippen LogP contribution in [0.2, 0.25) is 0 Å². The maximum absolute atomic E-state index is 11.4. The highest BCUT2D eigenvalue weighted by molar-refractivity contribution is 5.51. The van der Waals surface area contributed by atoms with E-state index in [1.807, 2.05) is 36.4 Å². The van der Waals surface area contributed by atoms with Crippen molar-refractivity contribution in [2.45, 2.75) is 24.9 Å². The van der Waals surface area contributed by atoms with E-state index < -0.39 is 5.60 Å². The second-order valence-corrected chi connectivity index (χ2v) is 5.44. The van der Waals surface area contributed by atoms with Crippen LogP contribution in [0.1, 0.15) is 29.5 Å². The van der Waals surface area contributed by atoms with Crippen LogP contribution in [-0.2, 0) is 12.0 Å². The Bertz CT molecular complexity index is 651. The second kappa shape index (κ2) is 5.41. The fourth-order valence-electron chi connectivity index (χ4n) is 3.23. The van der Waals surface area contributed by atoms with Gasteiger partial charge in [-0.05, 0) is 48.6 Å². The summed E-state index contributed by atoms with van der Waals surface area (Å²) in [6.07, 6.45) is 2.65. The molecule has 0 fully saturated rings. The van der Waals surface area contributed by atoms with Crippen molar-refractivity contribution in [3.05, 3.63) is 59.2 Å². The minimum atomic E-state index is -1.02. The number of hydrogen-bond donors (Lipinski definition) is 1. The van der Waals surface area contributed by atoms with Crippen LogP contribution in [-0.4, -0.2) is 19.3 Å². The van der Waals surface area contributed by atoms with Gasteiger partial charge in [0.05, 0.1) is 14.2 Å². The first kappa shape index (κ1) is 14.0. The van der Waals surface area contributed by atoms with Gasteiger partial charge < -0.3 is 14.6 Å². The van der Waals surface area contributed by atoms with E-state index in [9.17, 15) is 5.11 Å². The van der Waals surface area contributed by atoms with Gasteiger partial charge >= 0.3 is 0 Å². The summed E-state index contributed by atoms with van der Waals surface area (Å²) in [5.74, 6) is 1.41. The lowest BCUT2D eigenvalue weighted by Crippen LogP contribution is -2.32. The molecule has 0 aliphatic heterocycles. The Kier molecular flexibility index (Phi) is 3.60. The maximum atomic E-state index is 11.4. The Labute approximate surface area is 125 Å². The Hall–Kier alpha value is -2.00. The van der Waals surface area contributed by atoms with E-state index in [0.717, 1.165) is 29.7 Å². The molecule has 2 aromatic rings. The summed E-state index contributed by atoms with van der Waals surface area (Å²) in [5, 5.41) is 11.4. The molecule has 1 aliphatic carbocycles. The zero-order chi connectivity index (χ0) is 14.9. The normalized spacial score (nSPS) is 20.7. The number of aryl methyl sites for hydroxylation is 1. The van der Waals surface area contributed by atoms with Gasteiger partial charge in [0.25, 0.3) is 0 Å². The van der Waals surface area contributed by atoms with Crippen LogP contribution in [0.5, 0.6) is 11.5 Å². The van der Waals surface area contributed by atoms with E-state index in [0.29, 0.717) is 12.2 Å². The van der Waals surface area contributed by atoms with Gasteiger partial charge in [0.1, 0.15) is 17.1 Å². The molecule has 1 atom stereocenters. The molecule has 0 saturated carbocycles. The fraction of sp³-hybridized carbons (Fsp3) is 0.333. The highest BCUT2D eigenvalue weighted by atomic mass is 16.5. The summed E-state index contributed by atoms with van der Waals surface area (Å²) < 4.78 is 10.8. The number of fused-ring (bicyclic) bond motifs is 1. The minimum Gasteiger partial charge on any atom is -0.497 e. The third-order valence-corrected chi connectivity index (χ3v) is 4.30. The van der Waals surface area contributed by atoms with Crippen molar-refractivity contribution in [2.75, 3.05) is 14.2 Å². The van der Waals surface area contributed by atoms with E-state index in [1.165, 1.54) is 5.56 Å². The van der Waals surface area contributed by atoms with Crippen molar-refractivity contribution >= 4 is 0 Å². The van der Waals surface area contributed by atoms with Crippen molar-refractivity contribution in [2.24, 2.45) is 0 Å². The quantitative estimate of drug-likeness (QED) is 0.940. The molecule has 3 rings (SSSR count). The standard InChI is InChI=1S/C18H20O3/c1-20-14-9-10-17(21-2)16(12-14)18(19)11-5-7-13-6-3-4-8-15(13)18/h3-4,6,8-10,12,19H,5,7,11H2,1-2H3. The van der Waals surface area contributed by atoms with Crippen LogP contribution in [0.3, 0.4) is 0 Å². The Morgan fingerprint density at radius 1 is 1.00 bits per heavy atom. The molecule has 1 N–H and O–H groups in total. The van der Waals surface area contributed by atoms with Crippen LogP contribution >= 0.6 is 0 Å². The molecule has 110 valence electrons. The topological polar surface area (TPSA) is 38.7 Å². The van der Waals surface area contributed by atoms with E-state index in [-0.39, 0.29) is 0 Å². The van der Waals surface area contributed by atoms with Crippen LogP contribution < -0.4 is 9.47 Å². The average Bonchev–Trinajstić information content (AvgIpc) is 2.54. The smallest absolute Gasteiger partial charge is 0.125 e. The van der Waals surface area contributed by atoms with Crippen molar-refractivity contribution < 1.29 is 14.6 Å². The van der Waals surface area contributed by atoms with Gasteiger partial charge in [-0.3, -0.25) is 0 Å². The minimum absolute atomic E-state index is 0.688. The maximum Gasteiger partial charge on any atom is 0.125 e. The van der Waals surface area contributed by atoms with E-state index in [1.54, 1.807) is 14.2 Å². The lowest BCUT2D eigenvalue weighted by Gasteiger charge is -2.36. The molecule has 0 bridgehead atoms. The molecule has 3 heteroatoms. The molecule has 0 saturated heterocycles. The molecule has 0 amide bonds. The summed E-state index contributed by atoms with van der Waals surface area (Å²) in [4.78, 5) is 0. The number of hydrogen-bond acceptors (Lipinski definition) is 3. The molecule has 0 radical (unpaired) electrons. The Morgan fingerprint density at radius 2 is 1.81 bits per heavy atom. The van der Waals surface area contributed by atoms with Gasteiger partial charge in [0.15, 0.2) is 0 Å². The zero-order valence-corrected chi connectivity index (χ0v) is 12.4. The third-order valence-electron chi connectivity index (χ3n) is 4.30. The van der Waals surface area contributed by atoms with E-state index in [2.05, 4.69) is 6.07 Å². The molecule has 0 aromatic heterocycles. The molecular weight excluding hydrogens is 264 g/mol. The molecule has 1 aliphatic rings. The lowest BCUT2D eigenvalue weighted by molar-refractivity contribution is 0.0587. The van der Waals surface area contributed by atoms with Crippen molar-refractivity contribution in [1.29, 1.82) is 0 Å². The summed E-state index contributed by atoms with van der Waals surface area (Å²) in [6, 6.07) is 13.7. The van der Waals surface area contributed by atoms with Crippen molar-refractivity contribution in [1.82, 2.24) is 0 Å². The third kappa shape index (κ3) is 2.28. The highest BCUT2D eigenvalue weighted by Gasteiger charge is 2.38. The monoisotopic (exact) mass is 284 g/mol. The predicted molar refractivity (Wildman–Crippen MR) is 81.9 cm³/mol. The van der Waals surface area contributed by atoms with E-state index in [4.69, 9.17) is 9.47 Å². The number of rotatable bonds is 3. The van der Waals surface area contributed by atoms with Gasteiger partial charge in [-0.15, -0.1) is 0 Å². The Balaban J connectivity index is 2.20. The first-order valence-corrected chi connectivity index (χ1v) is 7.22. The molecule has 21 heavy (non-hydrogen) atoms. The number of ether oxygens (including phenoxy) is 2. The second-order valence-electron chi connectivity index (χ2n) is 5.44. The number of aliphatic hydroxyl groups is 1. The van der Waals surface area contributed by atoms with Gasteiger partial charge in [-0.2, -0.15) is 0 Å². The summed E-state index contributed by atoms with van der Waals surface area (Å²) in [7, 11) is 3.26. The van der Waals surface area contributed by atoms with Crippen LogP contribution in [0.4, 0.5) is 0 Å². The van der Waals surface area contributed by atoms with Crippen LogP contribution in [0.25, 0.3) is 0 Å². The first-order valence-electron chi connectivity index (χ1n) is 7.22. The average molecular weight is 284 g/mol. The SMILES string of the molecule is COc1ccc(OC)c(C2(O)CCCc3ccccc32)c1. The van der Waals surface area contributed by atoms with Crippen molar-refractivity contribution in [3.8, 4) is 11.5 Å². The van der Waals surface area contributed by atoms with E-state index >= 15 is 0 Å². The molecular formula is C18H20O3. The van der Waals surface area contributed by atoms with Gasteiger partial charge in [0.2, 0.25) is 0 Å². The summed E-state index contributed by atoms with van der Waals surface area (Å²) in [6.45, 7) is 0. The molecule has 0 heterocycles. The van der Waals surface area contributed by atoms with Crippen LogP contribution in [0.15, 0.2) is 42.5 Å². The molecule has 0 spiro atoms. The summed E-state index contributed by atoms with van der Waals surface area (Å²) in [5.41, 5.74) is 1.93. The lowest BCUT2D eigenvalue weighted by atomic mass is 9.75. The number of methoxy groups -OCH3 is 2. The Morgan fingerprint density at radius 3 is 2.57 bits per heavy atom. The number of benzene rings is 2.